The van der Waals surface area contributed by atoms with Crippen molar-refractivity contribution < 1.29 is 4.79 Å². The number of benzene rings is 1. The van der Waals surface area contributed by atoms with Gasteiger partial charge in [0.2, 0.25) is 0 Å². The molecule has 0 spiro atoms. The van der Waals surface area contributed by atoms with Crippen LogP contribution in [0.25, 0.3) is 0 Å². The fourth-order valence-electron chi connectivity index (χ4n) is 0.814. The Morgan fingerprint density at radius 1 is 1.27 bits per heavy atom. The van der Waals surface area contributed by atoms with Gasteiger partial charge in [-0.05, 0) is 5.56 Å². The van der Waals surface area contributed by atoms with Crippen molar-refractivity contribution in [2.75, 3.05) is 0 Å². The number of carbonyl (C=O) groups excluding carboxylic acids is 1. The topological polar surface area (TPSA) is 46.5 Å². The first-order valence-electron chi connectivity index (χ1n) is 3.21. The summed E-state index contributed by atoms with van der Waals surface area (Å²) in [6, 6.07) is 7.88. The van der Waals surface area contributed by atoms with Gasteiger partial charge in [0.15, 0.2) is 12.3 Å². The van der Waals surface area contributed by atoms with Gasteiger partial charge in [0, 0.05) is 0 Å². The lowest BCUT2D eigenvalue weighted by atomic mass is 10.1. The maximum absolute atomic E-state index is 10.2. The molecule has 0 aromatic heterocycles. The first-order chi connectivity index (χ1) is 5.38. The van der Waals surface area contributed by atoms with Crippen LogP contribution in [0.15, 0.2) is 35.5 Å². The molecule has 1 rings (SSSR count). The van der Waals surface area contributed by atoms with Crippen LogP contribution < -0.4 is 0 Å². The Balaban J connectivity index is 2.90. The van der Waals surface area contributed by atoms with Gasteiger partial charge in [0.05, 0.1) is 0 Å². The maximum Gasteiger partial charge on any atom is 0.172 e. The molecule has 3 heteroatoms. The lowest BCUT2D eigenvalue weighted by molar-refractivity contribution is -0.108. The predicted molar refractivity (Wildman–Crippen MR) is 41.0 cm³/mol. The lowest BCUT2D eigenvalue weighted by Gasteiger charge is -1.98. The van der Waals surface area contributed by atoms with E-state index in [9.17, 15) is 9.70 Å². The van der Waals surface area contributed by atoms with Crippen molar-refractivity contribution in [2.24, 2.45) is 5.18 Å². The van der Waals surface area contributed by atoms with E-state index in [0.717, 1.165) is 0 Å². The summed E-state index contributed by atoms with van der Waals surface area (Å²) in [7, 11) is 0. The molecule has 0 aliphatic rings. The van der Waals surface area contributed by atoms with Crippen molar-refractivity contribution >= 4 is 6.29 Å². The Kier molecular flexibility index (Phi) is 2.49. The third-order valence-corrected chi connectivity index (χ3v) is 1.38. The molecule has 0 saturated heterocycles. The zero-order valence-corrected chi connectivity index (χ0v) is 5.81. The summed E-state index contributed by atoms with van der Waals surface area (Å²) < 4.78 is 0. The summed E-state index contributed by atoms with van der Waals surface area (Å²) in [6.45, 7) is 0. The van der Waals surface area contributed by atoms with E-state index in [1.165, 1.54) is 0 Å². The zero-order chi connectivity index (χ0) is 8.10. The quantitative estimate of drug-likeness (QED) is 0.485. The number of carbonyl (C=O) groups is 1. The second-order valence-electron chi connectivity index (χ2n) is 2.10. The molecular formula is C8H7NO2. The van der Waals surface area contributed by atoms with Crippen molar-refractivity contribution in [2.45, 2.75) is 6.04 Å². The Hall–Kier alpha value is -1.51. The molecule has 0 bridgehead atoms. The molecular weight excluding hydrogens is 142 g/mol. The van der Waals surface area contributed by atoms with Gasteiger partial charge in [0.25, 0.3) is 0 Å². The molecule has 0 radical (unpaired) electrons. The molecule has 56 valence electrons. The molecule has 0 heterocycles. The summed E-state index contributed by atoms with van der Waals surface area (Å²) in [5.74, 6) is 0. The largest absolute Gasteiger partial charge is 0.300 e. The normalized spacial score (nSPS) is 12.0. The molecule has 0 fully saturated rings. The van der Waals surface area contributed by atoms with Crippen LogP contribution in [0.1, 0.15) is 11.6 Å². The van der Waals surface area contributed by atoms with Gasteiger partial charge in [-0.3, -0.25) is 0 Å². The van der Waals surface area contributed by atoms with Gasteiger partial charge in [0.1, 0.15) is 0 Å². The van der Waals surface area contributed by atoms with Crippen LogP contribution in [0.2, 0.25) is 0 Å². The summed E-state index contributed by atoms with van der Waals surface area (Å²) in [4.78, 5) is 20.3. The molecule has 0 unspecified atom stereocenters. The number of hydrogen-bond donors (Lipinski definition) is 0. The Morgan fingerprint density at radius 2 is 1.91 bits per heavy atom. The minimum Gasteiger partial charge on any atom is -0.300 e. The molecule has 0 amide bonds. The van der Waals surface area contributed by atoms with Gasteiger partial charge in [-0.1, -0.05) is 35.5 Å². The molecule has 1 atom stereocenters. The first kappa shape index (κ1) is 7.60. The van der Waals surface area contributed by atoms with E-state index in [-0.39, 0.29) is 0 Å². The zero-order valence-electron chi connectivity index (χ0n) is 5.81. The van der Waals surface area contributed by atoms with Crippen molar-refractivity contribution in [3.63, 3.8) is 0 Å². The van der Waals surface area contributed by atoms with Crippen LogP contribution in [0.3, 0.4) is 0 Å². The van der Waals surface area contributed by atoms with Crippen LogP contribution in [0.4, 0.5) is 0 Å². The molecule has 11 heavy (non-hydrogen) atoms. The van der Waals surface area contributed by atoms with Crippen LogP contribution in [-0.2, 0) is 4.79 Å². The summed E-state index contributed by atoms with van der Waals surface area (Å²) >= 11 is 0. The number of nitroso groups, excluding NO2 is 1. The van der Waals surface area contributed by atoms with Crippen molar-refractivity contribution in [1.82, 2.24) is 0 Å². The highest BCUT2D eigenvalue weighted by atomic mass is 16.3. The van der Waals surface area contributed by atoms with Gasteiger partial charge >= 0.3 is 0 Å². The van der Waals surface area contributed by atoms with Crippen LogP contribution >= 0.6 is 0 Å². The molecule has 0 saturated carbocycles. The third kappa shape index (κ3) is 1.70. The first-order valence-corrected chi connectivity index (χ1v) is 3.21. The van der Waals surface area contributed by atoms with E-state index in [1.54, 1.807) is 24.3 Å². The molecule has 0 aliphatic heterocycles. The summed E-state index contributed by atoms with van der Waals surface area (Å²) in [6.07, 6.45) is 0.530. The van der Waals surface area contributed by atoms with Crippen molar-refractivity contribution in [3.8, 4) is 0 Å². The second kappa shape index (κ2) is 3.61. The number of rotatable bonds is 3. The fraction of sp³-hybridized carbons (Fsp3) is 0.125. The highest BCUT2D eigenvalue weighted by Crippen LogP contribution is 2.12. The van der Waals surface area contributed by atoms with Crippen LogP contribution in [0.5, 0.6) is 0 Å². The maximum atomic E-state index is 10.2. The molecule has 3 nitrogen and oxygen atoms in total. The molecule has 0 aliphatic carbocycles. The van der Waals surface area contributed by atoms with Crippen LogP contribution in [-0.4, -0.2) is 6.29 Å². The molecule has 1 aromatic carbocycles. The Labute approximate surface area is 64.0 Å². The molecule has 1 aromatic rings. The standard InChI is InChI=1S/C8H7NO2/c10-6-8(9-11)7-4-2-1-3-5-7/h1-6,8H/t8-/m1/s1. The Bertz CT molecular complexity index is 238. The number of nitrogens with zero attached hydrogens (tertiary/aromatic N) is 1. The van der Waals surface area contributed by atoms with E-state index in [2.05, 4.69) is 5.18 Å². The minimum absolute atomic E-state index is 0.530. The number of hydrogen-bond acceptors (Lipinski definition) is 3. The van der Waals surface area contributed by atoms with Gasteiger partial charge in [-0.25, -0.2) is 0 Å². The highest BCUT2D eigenvalue weighted by molar-refractivity contribution is 5.61. The fourth-order valence-corrected chi connectivity index (χ4v) is 0.814. The minimum atomic E-state index is -0.851. The second-order valence-corrected chi connectivity index (χ2v) is 2.10. The van der Waals surface area contributed by atoms with Crippen molar-refractivity contribution in [1.29, 1.82) is 0 Å². The summed E-state index contributed by atoms with van der Waals surface area (Å²) in [5, 5.41) is 2.66. The van der Waals surface area contributed by atoms with E-state index < -0.39 is 6.04 Å². The monoisotopic (exact) mass is 149 g/mol. The highest BCUT2D eigenvalue weighted by Gasteiger charge is 2.07. The van der Waals surface area contributed by atoms with E-state index in [4.69, 9.17) is 0 Å². The van der Waals surface area contributed by atoms with Crippen LogP contribution in [0, 0.1) is 4.91 Å². The van der Waals surface area contributed by atoms with Gasteiger partial charge in [-0.15, -0.1) is 4.91 Å². The van der Waals surface area contributed by atoms with E-state index >= 15 is 0 Å². The average molecular weight is 149 g/mol. The predicted octanol–water partition coefficient (Wildman–Crippen LogP) is 1.69. The molecule has 0 N–H and O–H groups in total. The van der Waals surface area contributed by atoms with E-state index in [0.29, 0.717) is 11.8 Å². The Morgan fingerprint density at radius 3 is 2.36 bits per heavy atom. The smallest absolute Gasteiger partial charge is 0.172 e. The third-order valence-electron chi connectivity index (χ3n) is 1.38. The van der Waals surface area contributed by atoms with Gasteiger partial charge < -0.3 is 4.79 Å². The SMILES string of the molecule is O=C[C@@H](N=O)c1ccccc1. The summed E-state index contributed by atoms with van der Waals surface area (Å²) in [5.41, 5.74) is 0.637. The van der Waals surface area contributed by atoms with Crippen molar-refractivity contribution in [3.05, 3.63) is 40.8 Å². The number of aldehydes is 1. The average Bonchev–Trinajstić information content (AvgIpc) is 2.09. The lowest BCUT2D eigenvalue weighted by Crippen LogP contribution is -1.94. The van der Waals surface area contributed by atoms with Gasteiger partial charge in [-0.2, -0.15) is 0 Å². The van der Waals surface area contributed by atoms with E-state index in [1.807, 2.05) is 6.07 Å².